The highest BCUT2D eigenvalue weighted by Gasteiger charge is 2.13. The van der Waals surface area contributed by atoms with Gasteiger partial charge < -0.3 is 16.4 Å². The Hall–Kier alpha value is -3.27. The van der Waals surface area contributed by atoms with Gasteiger partial charge in [0.2, 0.25) is 5.91 Å². The monoisotopic (exact) mass is 346 g/mol. The molecule has 0 saturated heterocycles. The second kappa shape index (κ2) is 8.55. The van der Waals surface area contributed by atoms with Gasteiger partial charge >= 0.3 is 5.69 Å². The van der Waals surface area contributed by atoms with Gasteiger partial charge in [0.05, 0.1) is 16.2 Å². The number of amides is 2. The zero-order chi connectivity index (χ0) is 18.2. The van der Waals surface area contributed by atoms with Crippen molar-refractivity contribution in [2.75, 3.05) is 18.4 Å². The lowest BCUT2D eigenvalue weighted by atomic mass is 10.1. The summed E-state index contributed by atoms with van der Waals surface area (Å²) in [6.45, 7) is 0.830. The number of nitrogens with two attached hydrogens (primary N) is 1. The smallest absolute Gasteiger partial charge is 0.306 e. The first-order chi connectivity index (χ1) is 12.0. The molecule has 0 aliphatic heterocycles. The van der Waals surface area contributed by atoms with Crippen LogP contribution in [0.25, 0.3) is 0 Å². The van der Waals surface area contributed by atoms with Crippen LogP contribution in [0.1, 0.15) is 16.8 Å². The Morgan fingerprint density at radius 2 is 2.08 bits per heavy atom. The number of para-hydroxylation sites is 1. The van der Waals surface area contributed by atoms with E-state index in [1.54, 1.807) is 24.3 Å². The maximum atomic E-state index is 12.1. The maximum absolute atomic E-state index is 12.1. The number of hydrogen-bond donors (Lipinski definition) is 3. The third kappa shape index (κ3) is 5.11. The van der Waals surface area contributed by atoms with E-state index in [1.807, 2.05) is 0 Å². The number of nitro groups is 1. The normalized spacial score (nSPS) is 10.3. The number of nitrogens with one attached hydrogen (secondary N) is 2. The van der Waals surface area contributed by atoms with Crippen molar-refractivity contribution in [1.29, 1.82) is 0 Å². The molecule has 0 spiro atoms. The van der Waals surface area contributed by atoms with Gasteiger partial charge in [0.1, 0.15) is 12.4 Å². The predicted octanol–water partition coefficient (Wildman–Crippen LogP) is 0.509. The number of benzene rings is 1. The largest absolute Gasteiger partial charge is 0.351 e. The van der Waals surface area contributed by atoms with Crippen LogP contribution in [0, 0.1) is 10.1 Å². The standard InChI is InChI=1S/C15H18N6O4/c16-6-7-17-15(23)12-3-1-2-4-13(12)19-14(22)5-8-20-10-11(9-18-20)21(24)25/h1-4,9-10H,5-8,16H2,(H,17,23)(H,19,22). The topological polar surface area (TPSA) is 145 Å². The molecule has 132 valence electrons. The molecule has 0 unspecified atom stereocenters. The van der Waals surface area contributed by atoms with Crippen LogP contribution >= 0.6 is 0 Å². The minimum atomic E-state index is -0.556. The highest BCUT2D eigenvalue weighted by Crippen LogP contribution is 2.15. The second-order valence-electron chi connectivity index (χ2n) is 5.11. The average Bonchev–Trinajstić information content (AvgIpc) is 3.08. The first-order valence-corrected chi connectivity index (χ1v) is 7.55. The Bertz CT molecular complexity index is 773. The molecule has 4 N–H and O–H groups in total. The lowest BCUT2D eigenvalue weighted by Gasteiger charge is -2.11. The quantitative estimate of drug-likeness (QED) is 0.469. The van der Waals surface area contributed by atoms with Gasteiger partial charge in [-0.15, -0.1) is 0 Å². The fraction of sp³-hybridized carbons (Fsp3) is 0.267. The van der Waals surface area contributed by atoms with E-state index in [2.05, 4.69) is 15.7 Å². The molecule has 2 aromatic rings. The van der Waals surface area contributed by atoms with E-state index in [0.29, 0.717) is 24.3 Å². The fourth-order valence-corrected chi connectivity index (χ4v) is 2.07. The van der Waals surface area contributed by atoms with Crippen molar-refractivity contribution in [1.82, 2.24) is 15.1 Å². The summed E-state index contributed by atoms with van der Waals surface area (Å²) in [5, 5.41) is 19.7. The van der Waals surface area contributed by atoms with Crippen molar-refractivity contribution < 1.29 is 14.5 Å². The summed E-state index contributed by atoms with van der Waals surface area (Å²) in [5.41, 5.74) is 5.93. The molecular weight excluding hydrogens is 328 g/mol. The van der Waals surface area contributed by atoms with Crippen molar-refractivity contribution in [2.24, 2.45) is 5.73 Å². The summed E-state index contributed by atoms with van der Waals surface area (Å²) < 4.78 is 1.32. The number of rotatable bonds is 8. The Balaban J connectivity index is 1.95. The Morgan fingerprint density at radius 1 is 1.32 bits per heavy atom. The summed E-state index contributed by atoms with van der Waals surface area (Å²) in [5.74, 6) is -0.665. The number of anilines is 1. The maximum Gasteiger partial charge on any atom is 0.306 e. The second-order valence-corrected chi connectivity index (χ2v) is 5.11. The number of hydrogen-bond acceptors (Lipinski definition) is 6. The number of carbonyl (C=O) groups is 2. The summed E-state index contributed by atoms with van der Waals surface area (Å²) in [4.78, 5) is 34.2. The molecule has 1 aromatic heterocycles. The summed E-state index contributed by atoms with van der Waals surface area (Å²) in [6.07, 6.45) is 2.42. The van der Waals surface area contributed by atoms with E-state index < -0.39 is 4.92 Å². The Morgan fingerprint density at radius 3 is 2.76 bits per heavy atom. The van der Waals surface area contributed by atoms with Crippen LogP contribution < -0.4 is 16.4 Å². The Kier molecular flexibility index (Phi) is 6.18. The molecule has 2 amide bonds. The first-order valence-electron chi connectivity index (χ1n) is 7.55. The van der Waals surface area contributed by atoms with Crippen LogP contribution in [0.4, 0.5) is 11.4 Å². The van der Waals surface area contributed by atoms with Gasteiger partial charge in [0.15, 0.2) is 0 Å². The van der Waals surface area contributed by atoms with Crippen LogP contribution in [0.2, 0.25) is 0 Å². The van der Waals surface area contributed by atoms with Crippen LogP contribution in [0.15, 0.2) is 36.7 Å². The zero-order valence-electron chi connectivity index (χ0n) is 13.3. The molecule has 0 atom stereocenters. The van der Waals surface area contributed by atoms with Gasteiger partial charge in [0, 0.05) is 26.1 Å². The molecule has 10 nitrogen and oxygen atoms in total. The molecule has 10 heteroatoms. The third-order valence-corrected chi connectivity index (χ3v) is 3.27. The first kappa shape index (κ1) is 18.1. The van der Waals surface area contributed by atoms with Crippen molar-refractivity contribution in [2.45, 2.75) is 13.0 Å². The zero-order valence-corrected chi connectivity index (χ0v) is 13.3. The molecule has 0 bridgehead atoms. The SMILES string of the molecule is NCCNC(=O)c1ccccc1NC(=O)CCn1cc([N+](=O)[O-])cn1. The summed E-state index contributed by atoms with van der Waals surface area (Å²) in [6, 6.07) is 6.61. The molecule has 1 heterocycles. The summed E-state index contributed by atoms with van der Waals surface area (Å²) >= 11 is 0. The van der Waals surface area contributed by atoms with E-state index in [4.69, 9.17) is 5.73 Å². The van der Waals surface area contributed by atoms with Gasteiger partial charge in [-0.2, -0.15) is 5.10 Å². The van der Waals surface area contributed by atoms with Gasteiger partial charge in [-0.3, -0.25) is 24.4 Å². The van der Waals surface area contributed by atoms with Crippen molar-refractivity contribution in [3.8, 4) is 0 Å². The molecule has 0 aliphatic carbocycles. The van der Waals surface area contributed by atoms with E-state index in [1.165, 1.54) is 10.9 Å². The van der Waals surface area contributed by atoms with E-state index in [-0.39, 0.29) is 30.5 Å². The molecule has 0 saturated carbocycles. The average molecular weight is 346 g/mol. The minimum absolute atomic E-state index is 0.0532. The van der Waals surface area contributed by atoms with Crippen molar-refractivity contribution in [3.63, 3.8) is 0 Å². The van der Waals surface area contributed by atoms with Crippen LogP contribution in [0.5, 0.6) is 0 Å². The van der Waals surface area contributed by atoms with Gasteiger partial charge in [0.25, 0.3) is 5.91 Å². The van der Waals surface area contributed by atoms with Crippen LogP contribution in [-0.2, 0) is 11.3 Å². The van der Waals surface area contributed by atoms with E-state index in [9.17, 15) is 19.7 Å². The molecule has 0 aliphatic rings. The molecule has 25 heavy (non-hydrogen) atoms. The van der Waals surface area contributed by atoms with Crippen LogP contribution in [0.3, 0.4) is 0 Å². The molecular formula is C15H18N6O4. The number of nitrogens with zero attached hydrogens (tertiary/aromatic N) is 3. The lowest BCUT2D eigenvalue weighted by Crippen LogP contribution is -2.30. The highest BCUT2D eigenvalue weighted by atomic mass is 16.6. The molecule has 0 fully saturated rings. The number of aryl methyl sites for hydroxylation is 1. The lowest BCUT2D eigenvalue weighted by molar-refractivity contribution is -0.385. The molecule has 2 rings (SSSR count). The van der Waals surface area contributed by atoms with E-state index in [0.717, 1.165) is 6.20 Å². The Labute approximate surface area is 143 Å². The van der Waals surface area contributed by atoms with Gasteiger partial charge in [-0.1, -0.05) is 12.1 Å². The number of carbonyl (C=O) groups excluding carboxylic acids is 2. The van der Waals surface area contributed by atoms with Gasteiger partial charge in [-0.25, -0.2) is 0 Å². The van der Waals surface area contributed by atoms with Gasteiger partial charge in [-0.05, 0) is 12.1 Å². The fourth-order valence-electron chi connectivity index (χ4n) is 2.07. The molecule has 0 radical (unpaired) electrons. The van der Waals surface area contributed by atoms with E-state index >= 15 is 0 Å². The van der Waals surface area contributed by atoms with Crippen LogP contribution in [-0.4, -0.2) is 39.6 Å². The van der Waals surface area contributed by atoms with Crippen molar-refractivity contribution in [3.05, 3.63) is 52.3 Å². The summed E-state index contributed by atoms with van der Waals surface area (Å²) in [7, 11) is 0. The number of aromatic nitrogens is 2. The third-order valence-electron chi connectivity index (χ3n) is 3.27. The van der Waals surface area contributed by atoms with Crippen molar-refractivity contribution >= 4 is 23.2 Å². The minimum Gasteiger partial charge on any atom is -0.351 e. The predicted molar refractivity (Wildman–Crippen MR) is 90.0 cm³/mol. The highest BCUT2D eigenvalue weighted by molar-refractivity contribution is 6.03. The molecule has 1 aromatic carbocycles.